The van der Waals surface area contributed by atoms with Gasteiger partial charge in [-0.25, -0.2) is 0 Å². The Morgan fingerprint density at radius 1 is 0.750 bits per heavy atom. The average molecular weight is 228 g/mol. The maximum absolute atomic E-state index is 6.68. The Morgan fingerprint density at radius 2 is 0.917 bits per heavy atom. The Morgan fingerprint density at radius 3 is 0.917 bits per heavy atom. The summed E-state index contributed by atoms with van der Waals surface area (Å²) in [5, 5.41) is 0. The van der Waals surface area contributed by atoms with Gasteiger partial charge in [0.15, 0.2) is 7.38 Å². The molecule has 0 aromatic heterocycles. The summed E-state index contributed by atoms with van der Waals surface area (Å²) < 4.78 is 0. The number of halogens is 2. The highest BCUT2D eigenvalue weighted by Crippen LogP contribution is 2.44. The van der Waals surface area contributed by atoms with Crippen LogP contribution in [0.5, 0.6) is 0 Å². The van der Waals surface area contributed by atoms with Crippen molar-refractivity contribution < 1.29 is 12.4 Å². The van der Waals surface area contributed by atoms with Gasteiger partial charge in [-0.3, -0.25) is 0 Å². The van der Waals surface area contributed by atoms with E-state index < -0.39 is 7.38 Å². The van der Waals surface area contributed by atoms with Crippen LogP contribution in [-0.4, -0.2) is 7.38 Å². The van der Waals surface area contributed by atoms with Gasteiger partial charge in [-0.2, -0.15) is 11.1 Å². The normalized spacial score (nSPS) is 12.5. The van der Waals surface area contributed by atoms with Crippen molar-refractivity contribution in [1.82, 2.24) is 0 Å². The maximum atomic E-state index is 6.68. The van der Waals surface area contributed by atoms with E-state index in [9.17, 15) is 0 Å². The van der Waals surface area contributed by atoms with Gasteiger partial charge in [0.05, 0.1) is 0 Å². The summed E-state index contributed by atoms with van der Waals surface area (Å²) in [6, 6.07) is 0. The molecular weight excluding hydrogens is 207 g/mol. The highest BCUT2D eigenvalue weighted by atomic mass is 35.6. The van der Waals surface area contributed by atoms with E-state index in [0.29, 0.717) is 16.6 Å². The Labute approximate surface area is 89.2 Å². The molecule has 0 aromatic carbocycles. The highest BCUT2D eigenvalue weighted by molar-refractivity contribution is 7.22. The molecule has 0 nitrogen and oxygen atoms in total. The molecule has 0 N–H and O–H groups in total. The molecular formula is C9H21Cl2Si-. The molecule has 0 rings (SSSR count). The van der Waals surface area contributed by atoms with Crippen LogP contribution in [0, 0.1) is 0 Å². The van der Waals surface area contributed by atoms with E-state index in [1.54, 1.807) is 0 Å². The van der Waals surface area contributed by atoms with E-state index in [1.807, 2.05) is 0 Å². The fourth-order valence-electron chi connectivity index (χ4n) is 2.00. The van der Waals surface area contributed by atoms with Gasteiger partial charge in [0.25, 0.3) is 0 Å². The molecule has 76 valence electrons. The van der Waals surface area contributed by atoms with Gasteiger partial charge in [-0.1, -0.05) is 41.5 Å². The lowest BCUT2D eigenvalue weighted by atomic mass is 10.5. The summed E-state index contributed by atoms with van der Waals surface area (Å²) in [5.74, 6) is 0. The molecule has 0 radical (unpaired) electrons. The third-order valence-corrected chi connectivity index (χ3v) is 11.9. The van der Waals surface area contributed by atoms with Crippen molar-refractivity contribution in [3.63, 3.8) is 0 Å². The zero-order valence-electron chi connectivity index (χ0n) is 8.99. The second-order valence-electron chi connectivity index (χ2n) is 4.29. The van der Waals surface area contributed by atoms with E-state index >= 15 is 0 Å². The Hall–Kier alpha value is 0.797. The fraction of sp³-hybridized carbons (Fsp3) is 1.00. The Bertz CT molecular complexity index is 99.9. The SMILES string of the molecule is CC(C)[Si](Cl)(C(C)C)C(C)C.[Cl-]. The highest BCUT2D eigenvalue weighted by Gasteiger charge is 2.40. The van der Waals surface area contributed by atoms with E-state index in [4.69, 9.17) is 11.1 Å². The summed E-state index contributed by atoms with van der Waals surface area (Å²) in [7, 11) is -1.51. The first-order valence-corrected chi connectivity index (χ1v) is 7.76. The predicted molar refractivity (Wildman–Crippen MR) is 56.9 cm³/mol. The minimum Gasteiger partial charge on any atom is -1.00 e. The molecule has 0 amide bonds. The summed E-state index contributed by atoms with van der Waals surface area (Å²) in [4.78, 5) is 0. The molecule has 0 aliphatic heterocycles. The van der Waals surface area contributed by atoms with E-state index in [1.165, 1.54) is 0 Å². The molecule has 0 spiro atoms. The zero-order chi connectivity index (χ0) is 9.23. The number of hydrogen-bond acceptors (Lipinski definition) is 0. The van der Waals surface area contributed by atoms with Crippen LogP contribution in [0.15, 0.2) is 0 Å². The lowest BCUT2D eigenvalue weighted by Crippen LogP contribution is -3.00. The lowest BCUT2D eigenvalue weighted by molar-refractivity contribution is -0.00000269. The summed E-state index contributed by atoms with van der Waals surface area (Å²) >= 11 is 6.68. The van der Waals surface area contributed by atoms with Crippen molar-refractivity contribution in [2.45, 2.75) is 58.2 Å². The van der Waals surface area contributed by atoms with Crippen LogP contribution in [0.25, 0.3) is 0 Å². The first-order chi connectivity index (χ1) is 4.83. The fourth-order valence-corrected chi connectivity index (χ4v) is 6.00. The predicted octanol–water partition coefficient (Wildman–Crippen LogP) is 1.40. The van der Waals surface area contributed by atoms with Gasteiger partial charge < -0.3 is 12.4 Å². The van der Waals surface area contributed by atoms with Crippen LogP contribution in [0.4, 0.5) is 0 Å². The van der Waals surface area contributed by atoms with Gasteiger partial charge in [0, 0.05) is 0 Å². The minimum absolute atomic E-state index is 0. The largest absolute Gasteiger partial charge is 1.00 e. The second-order valence-corrected chi connectivity index (χ2v) is 11.4. The van der Waals surface area contributed by atoms with Gasteiger partial charge in [-0.15, -0.1) is 0 Å². The lowest BCUT2D eigenvalue weighted by Gasteiger charge is -2.36. The van der Waals surface area contributed by atoms with Gasteiger partial charge in [-0.05, 0) is 16.6 Å². The van der Waals surface area contributed by atoms with Crippen molar-refractivity contribution in [1.29, 1.82) is 0 Å². The molecule has 0 aromatic rings. The molecule has 0 saturated carbocycles. The average Bonchev–Trinajstić information content (AvgIpc) is 1.84. The van der Waals surface area contributed by atoms with Crippen molar-refractivity contribution in [3.8, 4) is 0 Å². The Kier molecular flexibility index (Phi) is 7.02. The first-order valence-electron chi connectivity index (χ1n) is 4.52. The van der Waals surface area contributed by atoms with Crippen LogP contribution in [0.3, 0.4) is 0 Å². The first kappa shape index (κ1) is 15.3. The molecule has 12 heavy (non-hydrogen) atoms. The molecule has 0 aliphatic rings. The van der Waals surface area contributed by atoms with Crippen molar-refractivity contribution in [2.24, 2.45) is 0 Å². The molecule has 0 fully saturated rings. The summed E-state index contributed by atoms with van der Waals surface area (Å²) in [6.45, 7) is 13.6. The number of hydrogen-bond donors (Lipinski definition) is 0. The van der Waals surface area contributed by atoms with Crippen LogP contribution < -0.4 is 12.4 Å². The van der Waals surface area contributed by atoms with Gasteiger partial charge >= 0.3 is 0 Å². The maximum Gasteiger partial charge on any atom is 0.164 e. The summed E-state index contributed by atoms with van der Waals surface area (Å²) in [6.07, 6.45) is 0. The van der Waals surface area contributed by atoms with E-state index in [0.717, 1.165) is 0 Å². The third-order valence-electron chi connectivity index (χ3n) is 2.65. The standard InChI is InChI=1S/C9H21ClSi.ClH/c1-7(2)11(10,8(3)4)9(5)6;/h7-9H,1-6H3;1H/p-1. The number of rotatable bonds is 3. The van der Waals surface area contributed by atoms with E-state index in [2.05, 4.69) is 41.5 Å². The van der Waals surface area contributed by atoms with E-state index in [-0.39, 0.29) is 12.4 Å². The van der Waals surface area contributed by atoms with Gasteiger partial charge in [0.2, 0.25) is 0 Å². The molecule has 0 atom stereocenters. The topological polar surface area (TPSA) is 0 Å². The monoisotopic (exact) mass is 227 g/mol. The molecule has 0 unspecified atom stereocenters. The van der Waals surface area contributed by atoms with Crippen LogP contribution in [0.2, 0.25) is 16.6 Å². The third kappa shape index (κ3) is 2.93. The minimum atomic E-state index is -1.51. The van der Waals surface area contributed by atoms with Crippen LogP contribution in [-0.2, 0) is 0 Å². The van der Waals surface area contributed by atoms with Crippen molar-refractivity contribution >= 4 is 18.5 Å². The second kappa shape index (κ2) is 5.51. The molecule has 3 heteroatoms. The van der Waals surface area contributed by atoms with Crippen LogP contribution >= 0.6 is 11.1 Å². The van der Waals surface area contributed by atoms with Crippen molar-refractivity contribution in [2.75, 3.05) is 0 Å². The summed E-state index contributed by atoms with van der Waals surface area (Å²) in [5.41, 5.74) is 2.05. The Balaban J connectivity index is 0. The van der Waals surface area contributed by atoms with Crippen LogP contribution in [0.1, 0.15) is 41.5 Å². The van der Waals surface area contributed by atoms with Gasteiger partial charge in [0.1, 0.15) is 0 Å². The smallest absolute Gasteiger partial charge is 0.164 e. The quantitative estimate of drug-likeness (QED) is 0.506. The zero-order valence-corrected chi connectivity index (χ0v) is 11.5. The molecule has 0 heterocycles. The molecule has 0 aliphatic carbocycles. The molecule has 0 saturated heterocycles. The molecule has 0 bridgehead atoms. The van der Waals surface area contributed by atoms with Crippen molar-refractivity contribution in [3.05, 3.63) is 0 Å².